The van der Waals surface area contributed by atoms with Crippen LogP contribution in [-0.4, -0.2) is 36.7 Å². The van der Waals surface area contributed by atoms with Crippen molar-refractivity contribution in [3.05, 3.63) is 54.6 Å². The number of hydrogen-bond acceptors (Lipinski definition) is 4. The first-order valence-electron chi connectivity index (χ1n) is 7.71. The van der Waals surface area contributed by atoms with Crippen molar-refractivity contribution in [3.63, 3.8) is 0 Å². The van der Waals surface area contributed by atoms with Crippen molar-refractivity contribution in [2.24, 2.45) is 0 Å². The van der Waals surface area contributed by atoms with Gasteiger partial charge in [-0.1, -0.05) is 48.6 Å². The third kappa shape index (κ3) is 7.00. The van der Waals surface area contributed by atoms with Crippen molar-refractivity contribution >= 4 is 22.2 Å². The molecule has 0 N–H and O–H groups in total. The summed E-state index contributed by atoms with van der Waals surface area (Å²) in [6, 6.07) is 9.43. The van der Waals surface area contributed by atoms with Crippen LogP contribution in [0.5, 0.6) is 0 Å². The van der Waals surface area contributed by atoms with E-state index in [0.29, 0.717) is 0 Å². The molecule has 0 fully saturated rings. The van der Waals surface area contributed by atoms with E-state index in [1.54, 1.807) is 32.9 Å². The van der Waals surface area contributed by atoms with Crippen molar-refractivity contribution in [2.75, 3.05) is 12.3 Å². The quantitative estimate of drug-likeness (QED) is 0.700. The van der Waals surface area contributed by atoms with Crippen LogP contribution in [0.2, 0.25) is 0 Å². The molecule has 0 radical (unpaired) electrons. The molecule has 0 aliphatic rings. The molecule has 1 aromatic rings. The predicted molar refractivity (Wildman–Crippen MR) is 97.0 cm³/mol. The van der Waals surface area contributed by atoms with E-state index in [1.807, 2.05) is 30.3 Å². The summed E-state index contributed by atoms with van der Waals surface area (Å²) in [5, 5.41) is 0. The number of rotatable bonds is 7. The van der Waals surface area contributed by atoms with Crippen molar-refractivity contribution in [1.82, 2.24) is 4.31 Å². The van der Waals surface area contributed by atoms with Crippen LogP contribution < -0.4 is 0 Å². The van der Waals surface area contributed by atoms with Gasteiger partial charge in [0.15, 0.2) is 0 Å². The van der Waals surface area contributed by atoms with E-state index in [4.69, 9.17) is 4.74 Å². The first-order chi connectivity index (χ1) is 11.2. The number of carbonyl (C=O) groups is 1. The molecule has 6 heteroatoms. The Balaban J connectivity index is 2.94. The predicted octanol–water partition coefficient (Wildman–Crippen LogP) is 3.84. The Morgan fingerprint density at radius 1 is 1.25 bits per heavy atom. The second-order valence-electron chi connectivity index (χ2n) is 6.22. The normalized spacial score (nSPS) is 12.1. The fourth-order valence-corrected chi connectivity index (χ4v) is 3.07. The summed E-state index contributed by atoms with van der Waals surface area (Å²) in [6.45, 7) is 8.52. The minimum absolute atomic E-state index is 0.0801. The second kappa shape index (κ2) is 8.68. The van der Waals surface area contributed by atoms with E-state index in [2.05, 4.69) is 6.58 Å². The Bertz CT molecular complexity index is 673. The number of allylic oxidation sites excluding steroid dienone is 1. The van der Waals surface area contributed by atoms with Crippen molar-refractivity contribution in [2.45, 2.75) is 32.8 Å². The lowest BCUT2D eigenvalue weighted by Gasteiger charge is -2.26. The molecule has 0 aliphatic carbocycles. The summed E-state index contributed by atoms with van der Waals surface area (Å²) in [5.41, 5.74) is 0.150. The zero-order valence-corrected chi connectivity index (χ0v) is 15.3. The smallest absolute Gasteiger partial charge is 0.424 e. The van der Waals surface area contributed by atoms with Gasteiger partial charge >= 0.3 is 6.09 Å². The molecule has 1 aromatic carbocycles. The molecular weight excluding hydrogens is 326 g/mol. The maximum atomic E-state index is 12.4. The molecule has 0 heterocycles. The molecular formula is C18H25NO4S. The van der Waals surface area contributed by atoms with Gasteiger partial charge in [0, 0.05) is 0 Å². The van der Waals surface area contributed by atoms with E-state index in [9.17, 15) is 13.2 Å². The van der Waals surface area contributed by atoms with Crippen LogP contribution in [0.15, 0.2) is 49.1 Å². The third-order valence-corrected chi connectivity index (χ3v) is 4.62. The maximum absolute atomic E-state index is 12.4. The molecule has 1 rings (SSSR count). The highest BCUT2D eigenvalue weighted by Gasteiger charge is 2.30. The average Bonchev–Trinajstić information content (AvgIpc) is 2.48. The van der Waals surface area contributed by atoms with Crippen LogP contribution >= 0.6 is 0 Å². The van der Waals surface area contributed by atoms with Crippen LogP contribution in [0.1, 0.15) is 32.8 Å². The molecule has 0 aliphatic heterocycles. The Morgan fingerprint density at radius 2 is 1.88 bits per heavy atom. The highest BCUT2D eigenvalue weighted by atomic mass is 32.2. The van der Waals surface area contributed by atoms with Crippen LogP contribution in [0.4, 0.5) is 4.79 Å². The zero-order valence-electron chi connectivity index (χ0n) is 14.4. The number of ether oxygens (including phenoxy) is 1. The summed E-state index contributed by atoms with van der Waals surface area (Å²) < 4.78 is 30.8. The Labute approximate surface area is 144 Å². The summed E-state index contributed by atoms with van der Waals surface area (Å²) in [5.74, 6) is -0.186. The summed E-state index contributed by atoms with van der Waals surface area (Å²) in [7, 11) is -3.77. The van der Waals surface area contributed by atoms with Crippen molar-refractivity contribution < 1.29 is 17.9 Å². The molecule has 5 nitrogen and oxygen atoms in total. The van der Waals surface area contributed by atoms with Crippen molar-refractivity contribution in [3.8, 4) is 0 Å². The first-order valence-corrected chi connectivity index (χ1v) is 9.32. The summed E-state index contributed by atoms with van der Waals surface area (Å²) >= 11 is 0. The van der Waals surface area contributed by atoms with E-state index >= 15 is 0 Å². The van der Waals surface area contributed by atoms with Gasteiger partial charge < -0.3 is 4.74 Å². The van der Waals surface area contributed by atoms with Crippen LogP contribution in [0, 0.1) is 0 Å². The molecule has 0 saturated carbocycles. The second-order valence-corrected chi connectivity index (χ2v) is 8.23. The Hall–Kier alpha value is -2.08. The number of amides is 1. The average molecular weight is 351 g/mol. The molecule has 0 saturated heterocycles. The van der Waals surface area contributed by atoms with E-state index in [-0.39, 0.29) is 18.7 Å². The van der Waals surface area contributed by atoms with Gasteiger partial charge in [0.25, 0.3) is 0 Å². The molecule has 0 unspecified atom stereocenters. The van der Waals surface area contributed by atoms with Crippen LogP contribution in [-0.2, 0) is 14.8 Å². The SMILES string of the molecule is C=CCCS(=O)(=O)N(C/C=C/c1ccccc1)C(=O)OC(C)(C)C. The van der Waals surface area contributed by atoms with E-state index in [1.165, 1.54) is 6.08 Å². The molecule has 1 amide bonds. The van der Waals surface area contributed by atoms with Crippen LogP contribution in [0.3, 0.4) is 0 Å². The lowest BCUT2D eigenvalue weighted by molar-refractivity contribution is 0.0404. The molecule has 132 valence electrons. The lowest BCUT2D eigenvalue weighted by Crippen LogP contribution is -2.42. The van der Waals surface area contributed by atoms with E-state index in [0.717, 1.165) is 9.87 Å². The van der Waals surface area contributed by atoms with Gasteiger partial charge in [-0.2, -0.15) is 0 Å². The lowest BCUT2D eigenvalue weighted by atomic mass is 10.2. The highest BCUT2D eigenvalue weighted by molar-refractivity contribution is 7.89. The molecule has 0 aromatic heterocycles. The molecule has 24 heavy (non-hydrogen) atoms. The highest BCUT2D eigenvalue weighted by Crippen LogP contribution is 2.14. The monoisotopic (exact) mass is 351 g/mol. The number of hydrogen-bond donors (Lipinski definition) is 0. The zero-order chi connectivity index (χ0) is 18.2. The van der Waals surface area contributed by atoms with Gasteiger partial charge in [0.2, 0.25) is 10.0 Å². The number of carbonyl (C=O) groups excluding carboxylic acids is 1. The van der Waals surface area contributed by atoms with Gasteiger partial charge in [-0.25, -0.2) is 17.5 Å². The van der Waals surface area contributed by atoms with Crippen molar-refractivity contribution in [1.29, 1.82) is 0 Å². The number of nitrogens with zero attached hydrogens (tertiary/aromatic N) is 1. The fraction of sp³-hybridized carbons (Fsp3) is 0.389. The fourth-order valence-electron chi connectivity index (χ4n) is 1.81. The van der Waals surface area contributed by atoms with Gasteiger partial charge in [-0.15, -0.1) is 6.58 Å². The topological polar surface area (TPSA) is 63.7 Å². The third-order valence-electron chi connectivity index (χ3n) is 2.89. The first kappa shape index (κ1) is 20.0. The molecule has 0 atom stereocenters. The number of sulfonamides is 1. The maximum Gasteiger partial charge on any atom is 0.424 e. The van der Waals surface area contributed by atoms with E-state index < -0.39 is 21.7 Å². The Morgan fingerprint density at radius 3 is 2.42 bits per heavy atom. The standard InChI is InChI=1S/C18H25NO4S/c1-5-6-15-24(21,22)19(17(20)23-18(2,3)4)14-10-13-16-11-8-7-9-12-16/h5,7-13H,1,6,14-15H2,2-4H3/b13-10+. The summed E-state index contributed by atoms with van der Waals surface area (Å²) in [6.07, 6.45) is 4.30. The van der Waals surface area contributed by atoms with Gasteiger partial charge in [-0.05, 0) is 32.8 Å². The molecule has 0 bridgehead atoms. The van der Waals surface area contributed by atoms with Gasteiger partial charge in [0.05, 0.1) is 12.3 Å². The minimum atomic E-state index is -3.77. The van der Waals surface area contributed by atoms with Gasteiger partial charge in [-0.3, -0.25) is 0 Å². The molecule has 0 spiro atoms. The Kier molecular flexibility index (Phi) is 7.22. The number of benzene rings is 1. The largest absolute Gasteiger partial charge is 0.443 e. The van der Waals surface area contributed by atoms with Crippen LogP contribution in [0.25, 0.3) is 6.08 Å². The summed E-state index contributed by atoms with van der Waals surface area (Å²) in [4.78, 5) is 12.3. The van der Waals surface area contributed by atoms with Gasteiger partial charge in [0.1, 0.15) is 5.60 Å². The minimum Gasteiger partial charge on any atom is -0.443 e.